The molecule has 0 N–H and O–H groups in total. The number of carbonyl (C=O) groups excluding carboxylic acids is 1. The SMILES string of the molecule is C#Cc1ccc(-n2c(C(C)N(CCC)C(=O)Cc3ccc(C(F)(F)F)cc3)nc3ccccc3c2=O)cc1. The number of rotatable bonds is 7. The van der Waals surface area contributed by atoms with Gasteiger partial charge < -0.3 is 4.90 Å². The molecule has 0 aliphatic rings. The molecule has 0 fully saturated rings. The molecule has 0 saturated heterocycles. The Morgan fingerprint density at radius 2 is 1.71 bits per heavy atom. The van der Waals surface area contributed by atoms with Gasteiger partial charge in [-0.2, -0.15) is 13.2 Å². The quantitative estimate of drug-likeness (QED) is 0.286. The van der Waals surface area contributed by atoms with Crippen LogP contribution in [0.2, 0.25) is 0 Å². The lowest BCUT2D eigenvalue weighted by molar-refractivity contribution is -0.137. The number of alkyl halides is 3. The number of para-hydroxylation sites is 1. The smallest absolute Gasteiger partial charge is 0.332 e. The number of amides is 1. The van der Waals surface area contributed by atoms with Crippen LogP contribution in [0.5, 0.6) is 0 Å². The minimum Gasteiger partial charge on any atom is -0.332 e. The Bertz CT molecular complexity index is 1550. The van der Waals surface area contributed by atoms with E-state index in [4.69, 9.17) is 11.4 Å². The Labute approximate surface area is 218 Å². The lowest BCUT2D eigenvalue weighted by Crippen LogP contribution is -2.38. The van der Waals surface area contributed by atoms with Gasteiger partial charge >= 0.3 is 6.18 Å². The van der Waals surface area contributed by atoms with E-state index in [0.29, 0.717) is 46.5 Å². The fourth-order valence-electron chi connectivity index (χ4n) is 4.39. The topological polar surface area (TPSA) is 55.2 Å². The summed E-state index contributed by atoms with van der Waals surface area (Å²) in [5.74, 6) is 2.64. The van der Waals surface area contributed by atoms with Crippen molar-refractivity contribution in [3.63, 3.8) is 0 Å². The van der Waals surface area contributed by atoms with E-state index in [9.17, 15) is 22.8 Å². The molecule has 4 rings (SSSR count). The normalized spacial score (nSPS) is 12.2. The van der Waals surface area contributed by atoms with Crippen LogP contribution in [0.3, 0.4) is 0 Å². The lowest BCUT2D eigenvalue weighted by Gasteiger charge is -2.30. The molecule has 38 heavy (non-hydrogen) atoms. The molecule has 194 valence electrons. The third-order valence-corrected chi connectivity index (χ3v) is 6.36. The maximum absolute atomic E-state index is 13.7. The molecule has 0 bridgehead atoms. The number of aromatic nitrogens is 2. The highest BCUT2D eigenvalue weighted by Gasteiger charge is 2.30. The van der Waals surface area contributed by atoms with E-state index in [1.54, 1.807) is 60.4 Å². The molecule has 5 nitrogen and oxygen atoms in total. The lowest BCUT2D eigenvalue weighted by atomic mass is 10.1. The highest BCUT2D eigenvalue weighted by atomic mass is 19.4. The number of benzene rings is 3. The van der Waals surface area contributed by atoms with E-state index in [0.717, 1.165) is 12.1 Å². The minimum absolute atomic E-state index is 0.0862. The van der Waals surface area contributed by atoms with Crippen LogP contribution >= 0.6 is 0 Å². The summed E-state index contributed by atoms with van der Waals surface area (Å²) in [6, 6.07) is 17.9. The zero-order chi connectivity index (χ0) is 27.4. The first-order valence-electron chi connectivity index (χ1n) is 12.2. The van der Waals surface area contributed by atoms with E-state index in [1.807, 2.05) is 6.92 Å². The molecule has 8 heteroatoms. The van der Waals surface area contributed by atoms with Crippen LogP contribution in [0.1, 0.15) is 48.8 Å². The Morgan fingerprint density at radius 3 is 2.32 bits per heavy atom. The number of terminal acetylenes is 1. The Balaban J connectivity index is 1.76. The van der Waals surface area contributed by atoms with Gasteiger partial charge in [-0.25, -0.2) is 4.98 Å². The van der Waals surface area contributed by atoms with Crippen LogP contribution in [0.25, 0.3) is 16.6 Å². The van der Waals surface area contributed by atoms with Crippen molar-refractivity contribution >= 4 is 16.8 Å². The average Bonchev–Trinajstić information content (AvgIpc) is 2.91. The summed E-state index contributed by atoms with van der Waals surface area (Å²) in [6.45, 7) is 4.09. The number of halogens is 3. The number of nitrogens with zero attached hydrogens (tertiary/aromatic N) is 3. The molecular formula is C30H26F3N3O2. The van der Waals surface area contributed by atoms with Gasteiger partial charge in [0.15, 0.2) is 0 Å². The van der Waals surface area contributed by atoms with E-state index < -0.39 is 17.8 Å². The van der Waals surface area contributed by atoms with E-state index >= 15 is 0 Å². The van der Waals surface area contributed by atoms with Gasteiger partial charge in [-0.05, 0) is 67.4 Å². The van der Waals surface area contributed by atoms with Gasteiger partial charge in [-0.15, -0.1) is 6.42 Å². The van der Waals surface area contributed by atoms with Crippen LogP contribution in [0, 0.1) is 12.3 Å². The molecule has 0 aliphatic heterocycles. The molecule has 0 aliphatic carbocycles. The minimum atomic E-state index is -4.45. The molecule has 1 unspecified atom stereocenters. The number of hydrogen-bond acceptors (Lipinski definition) is 3. The second-order valence-electron chi connectivity index (χ2n) is 8.95. The van der Waals surface area contributed by atoms with Crippen LogP contribution < -0.4 is 5.56 Å². The monoisotopic (exact) mass is 517 g/mol. The van der Waals surface area contributed by atoms with Crippen LogP contribution in [0.15, 0.2) is 77.6 Å². The number of carbonyl (C=O) groups is 1. The van der Waals surface area contributed by atoms with Crippen LogP contribution in [-0.4, -0.2) is 26.9 Å². The van der Waals surface area contributed by atoms with Crippen molar-refractivity contribution in [1.82, 2.24) is 14.5 Å². The van der Waals surface area contributed by atoms with Gasteiger partial charge in [0.2, 0.25) is 5.91 Å². The number of hydrogen-bond donors (Lipinski definition) is 0. The first kappa shape index (κ1) is 26.7. The van der Waals surface area contributed by atoms with Crippen molar-refractivity contribution in [1.29, 1.82) is 0 Å². The summed E-state index contributed by atoms with van der Waals surface area (Å²) in [6.07, 6.45) is 1.59. The van der Waals surface area contributed by atoms with Gasteiger partial charge in [-0.3, -0.25) is 14.2 Å². The van der Waals surface area contributed by atoms with Gasteiger partial charge in [0.1, 0.15) is 5.82 Å². The summed E-state index contributed by atoms with van der Waals surface area (Å²) in [5.41, 5.74) is 1.13. The van der Waals surface area contributed by atoms with Crippen molar-refractivity contribution in [3.05, 3.63) is 106 Å². The third-order valence-electron chi connectivity index (χ3n) is 6.36. The molecule has 1 amide bonds. The van der Waals surface area contributed by atoms with Gasteiger partial charge in [0.05, 0.1) is 34.6 Å². The van der Waals surface area contributed by atoms with Crippen LogP contribution in [0.4, 0.5) is 13.2 Å². The van der Waals surface area contributed by atoms with Crippen LogP contribution in [-0.2, 0) is 17.4 Å². The Hall–Kier alpha value is -4.38. The molecule has 3 aromatic carbocycles. The van der Waals surface area contributed by atoms with Crippen molar-refractivity contribution in [3.8, 4) is 18.0 Å². The molecular weight excluding hydrogens is 491 g/mol. The largest absolute Gasteiger partial charge is 0.416 e. The van der Waals surface area contributed by atoms with E-state index in [-0.39, 0.29) is 17.9 Å². The van der Waals surface area contributed by atoms with Gasteiger partial charge in [0.25, 0.3) is 5.56 Å². The summed E-state index contributed by atoms with van der Waals surface area (Å²) in [5, 5.41) is 0.433. The van der Waals surface area contributed by atoms with E-state index in [2.05, 4.69) is 5.92 Å². The average molecular weight is 518 g/mol. The Morgan fingerprint density at radius 1 is 1.05 bits per heavy atom. The molecule has 0 radical (unpaired) electrons. The van der Waals surface area contributed by atoms with E-state index in [1.165, 1.54) is 16.7 Å². The molecule has 0 spiro atoms. The third kappa shape index (κ3) is 5.47. The molecule has 1 heterocycles. The van der Waals surface area contributed by atoms with Gasteiger partial charge in [-0.1, -0.05) is 37.1 Å². The molecule has 4 aromatic rings. The molecule has 1 aromatic heterocycles. The Kier molecular flexibility index (Phi) is 7.67. The first-order valence-corrected chi connectivity index (χ1v) is 12.2. The zero-order valence-corrected chi connectivity index (χ0v) is 21.0. The van der Waals surface area contributed by atoms with Crippen molar-refractivity contribution in [2.24, 2.45) is 0 Å². The summed E-state index contributed by atoms with van der Waals surface area (Å²) >= 11 is 0. The maximum Gasteiger partial charge on any atom is 0.416 e. The second kappa shape index (κ2) is 10.9. The van der Waals surface area contributed by atoms with Gasteiger partial charge in [0, 0.05) is 12.1 Å². The fraction of sp³-hybridized carbons (Fsp3) is 0.233. The summed E-state index contributed by atoms with van der Waals surface area (Å²) in [7, 11) is 0. The summed E-state index contributed by atoms with van der Waals surface area (Å²) < 4.78 is 40.3. The predicted octanol–water partition coefficient (Wildman–Crippen LogP) is 5.93. The van der Waals surface area contributed by atoms with Crippen molar-refractivity contribution < 1.29 is 18.0 Å². The molecule has 0 saturated carbocycles. The zero-order valence-electron chi connectivity index (χ0n) is 21.0. The highest BCUT2D eigenvalue weighted by Crippen LogP contribution is 2.29. The fourth-order valence-corrected chi connectivity index (χ4v) is 4.39. The first-order chi connectivity index (χ1) is 18.1. The maximum atomic E-state index is 13.7. The summed E-state index contributed by atoms with van der Waals surface area (Å²) in [4.78, 5) is 33.5. The number of fused-ring (bicyclic) bond motifs is 1. The second-order valence-corrected chi connectivity index (χ2v) is 8.95. The molecule has 1 atom stereocenters. The standard InChI is InChI=1S/C30H26F3N3O2/c1-4-18-35(27(37)19-22-10-14-23(15-11-22)30(31,32)33)20(3)28-34-26-9-7-6-8-25(26)29(38)36(28)24-16-12-21(5-2)13-17-24/h2,6-17,20H,4,18-19H2,1,3H3. The van der Waals surface area contributed by atoms with Crippen molar-refractivity contribution in [2.45, 2.75) is 38.9 Å². The van der Waals surface area contributed by atoms with Crippen molar-refractivity contribution in [2.75, 3.05) is 6.54 Å². The predicted molar refractivity (Wildman–Crippen MR) is 141 cm³/mol. The highest BCUT2D eigenvalue weighted by molar-refractivity contribution is 5.80.